The van der Waals surface area contributed by atoms with Crippen molar-refractivity contribution in [3.63, 3.8) is 0 Å². The van der Waals surface area contributed by atoms with Gasteiger partial charge >= 0.3 is 11.9 Å². The summed E-state index contributed by atoms with van der Waals surface area (Å²) in [6.07, 6.45) is -4.81. The number of methoxy groups -OCH3 is 3. The number of hydrogen-bond acceptors (Lipinski definition) is 7. The van der Waals surface area contributed by atoms with Crippen LogP contribution in [0.1, 0.15) is 23.6 Å². The van der Waals surface area contributed by atoms with Crippen molar-refractivity contribution in [2.24, 2.45) is 4.99 Å². The van der Waals surface area contributed by atoms with Gasteiger partial charge in [-0.15, -0.1) is 0 Å². The van der Waals surface area contributed by atoms with Gasteiger partial charge in [-0.3, -0.25) is 14.8 Å². The van der Waals surface area contributed by atoms with Gasteiger partial charge in [-0.2, -0.15) is 13.2 Å². The van der Waals surface area contributed by atoms with Gasteiger partial charge in [0.25, 0.3) is 5.56 Å². The molecular weight excluding hydrogens is 471 g/mol. The molecule has 0 bridgehead atoms. The number of nitrogens with one attached hydrogen (secondary N) is 1. The number of rotatable bonds is 7. The molecule has 0 aliphatic carbocycles. The second kappa shape index (κ2) is 9.95. The van der Waals surface area contributed by atoms with Crippen LogP contribution < -0.4 is 25.5 Å². The minimum atomic E-state index is -4.81. The van der Waals surface area contributed by atoms with E-state index in [1.165, 1.54) is 34.3 Å². The molecule has 2 N–H and O–H groups in total. The largest absolute Gasteiger partial charge is 0.493 e. The second-order valence-electron chi connectivity index (χ2n) is 7.24. The molecule has 0 unspecified atom stereocenters. The van der Waals surface area contributed by atoms with Crippen molar-refractivity contribution >= 4 is 5.71 Å². The zero-order valence-corrected chi connectivity index (χ0v) is 19.2. The lowest BCUT2D eigenvalue weighted by Crippen LogP contribution is -2.33. The fourth-order valence-electron chi connectivity index (χ4n) is 3.50. The Morgan fingerprint density at radius 3 is 2.20 bits per heavy atom. The lowest BCUT2D eigenvalue weighted by atomic mass is 10.1. The Balaban J connectivity index is 2.11. The van der Waals surface area contributed by atoms with Crippen molar-refractivity contribution in [1.82, 2.24) is 9.55 Å². The highest BCUT2D eigenvalue weighted by atomic mass is 19.4. The molecule has 0 atom stereocenters. The van der Waals surface area contributed by atoms with Gasteiger partial charge < -0.3 is 19.3 Å². The first-order chi connectivity index (χ1) is 16.5. The number of benzene rings is 2. The van der Waals surface area contributed by atoms with Crippen LogP contribution in [0, 0.1) is 0 Å². The zero-order valence-electron chi connectivity index (χ0n) is 19.2. The number of hydrogen-bond donors (Lipinski definition) is 2. The number of aliphatic imine (C=N–C) groups is 1. The van der Waals surface area contributed by atoms with Crippen molar-refractivity contribution in [2.75, 3.05) is 21.3 Å². The molecule has 1 heterocycles. The predicted octanol–water partition coefficient (Wildman–Crippen LogP) is 3.29. The summed E-state index contributed by atoms with van der Waals surface area (Å²) in [6.45, 7) is 1.37. The van der Waals surface area contributed by atoms with Crippen LogP contribution >= 0.6 is 0 Å². The number of aromatic hydroxyl groups is 1. The van der Waals surface area contributed by atoms with Crippen molar-refractivity contribution in [1.29, 1.82) is 0 Å². The third kappa shape index (κ3) is 5.00. The van der Waals surface area contributed by atoms with Crippen molar-refractivity contribution in [3.8, 4) is 28.8 Å². The van der Waals surface area contributed by atoms with E-state index in [2.05, 4.69) is 4.99 Å². The van der Waals surface area contributed by atoms with Gasteiger partial charge in [-0.05, 0) is 36.8 Å². The molecule has 0 saturated heterocycles. The topological polar surface area (TPSA) is 115 Å². The minimum absolute atomic E-state index is 0.0142. The Labute approximate surface area is 197 Å². The van der Waals surface area contributed by atoms with Crippen LogP contribution in [-0.4, -0.2) is 41.7 Å². The number of H-pyrrole nitrogens is 1. The molecule has 35 heavy (non-hydrogen) atoms. The highest BCUT2D eigenvalue weighted by Crippen LogP contribution is 2.38. The van der Waals surface area contributed by atoms with Gasteiger partial charge in [0.1, 0.15) is 5.56 Å². The van der Waals surface area contributed by atoms with E-state index in [1.807, 2.05) is 4.98 Å². The Bertz CT molecular complexity index is 1370. The van der Waals surface area contributed by atoms with Crippen LogP contribution in [0.25, 0.3) is 5.69 Å². The molecule has 0 radical (unpaired) electrons. The molecule has 0 fully saturated rings. The molecule has 0 spiro atoms. The van der Waals surface area contributed by atoms with E-state index in [9.17, 15) is 27.9 Å². The maximum absolute atomic E-state index is 13.5. The second-order valence-corrected chi connectivity index (χ2v) is 7.24. The Hall–Kier alpha value is -4.22. The quantitative estimate of drug-likeness (QED) is 0.488. The fraction of sp³-hybridized carbons (Fsp3) is 0.261. The summed E-state index contributed by atoms with van der Waals surface area (Å²) in [4.78, 5) is 31.1. The average molecular weight is 493 g/mol. The van der Waals surface area contributed by atoms with Crippen molar-refractivity contribution in [2.45, 2.75) is 19.6 Å². The Kier molecular flexibility index (Phi) is 7.22. The zero-order chi connectivity index (χ0) is 25.9. The summed E-state index contributed by atoms with van der Waals surface area (Å²) < 4.78 is 56.7. The van der Waals surface area contributed by atoms with Crippen LogP contribution in [0.5, 0.6) is 23.1 Å². The molecule has 12 heteroatoms. The molecule has 2 aromatic carbocycles. The third-order valence-corrected chi connectivity index (χ3v) is 5.12. The van der Waals surface area contributed by atoms with Crippen LogP contribution in [0.15, 0.2) is 51.0 Å². The lowest BCUT2D eigenvalue weighted by molar-refractivity contribution is -0.137. The van der Waals surface area contributed by atoms with Crippen LogP contribution in [0.4, 0.5) is 13.2 Å². The summed E-state index contributed by atoms with van der Waals surface area (Å²) in [5, 5.41) is 10.7. The summed E-state index contributed by atoms with van der Waals surface area (Å²) in [5.41, 5.74) is -3.92. The third-order valence-electron chi connectivity index (χ3n) is 5.12. The number of para-hydroxylation sites is 1. The van der Waals surface area contributed by atoms with Crippen molar-refractivity contribution < 1.29 is 32.5 Å². The van der Waals surface area contributed by atoms with Crippen LogP contribution in [0.2, 0.25) is 0 Å². The number of nitrogens with zero attached hydrogens (tertiary/aromatic N) is 2. The van der Waals surface area contributed by atoms with Crippen LogP contribution in [0.3, 0.4) is 0 Å². The first-order valence-corrected chi connectivity index (χ1v) is 10.1. The van der Waals surface area contributed by atoms with Crippen LogP contribution in [-0.2, 0) is 12.7 Å². The van der Waals surface area contributed by atoms with Gasteiger partial charge in [-0.1, -0.05) is 12.1 Å². The standard InChI is InChI=1S/C23H22F3N3O6/c1-12(27-11-13-9-16(33-2)19(35-4)17(10-13)34-3)18-20(30)28-22(32)29(21(18)31)15-8-6-5-7-14(15)23(24,25)26/h5-10,31H,11H2,1-4H3,(H,28,30,32). The maximum atomic E-state index is 13.5. The highest BCUT2D eigenvalue weighted by Gasteiger charge is 2.35. The van der Waals surface area contributed by atoms with Gasteiger partial charge in [-0.25, -0.2) is 9.36 Å². The number of halogens is 3. The molecule has 0 aliphatic heterocycles. The normalized spacial score (nSPS) is 11.9. The molecular formula is C23H22F3N3O6. The van der Waals surface area contributed by atoms with Gasteiger partial charge in [0.2, 0.25) is 11.6 Å². The molecule has 3 rings (SSSR count). The number of aromatic amines is 1. The minimum Gasteiger partial charge on any atom is -0.493 e. The molecule has 3 aromatic rings. The van der Waals surface area contributed by atoms with E-state index in [1.54, 1.807) is 12.1 Å². The van der Waals surface area contributed by atoms with Gasteiger partial charge in [0, 0.05) is 0 Å². The van der Waals surface area contributed by atoms with E-state index >= 15 is 0 Å². The smallest absolute Gasteiger partial charge is 0.418 e. The molecule has 186 valence electrons. The summed E-state index contributed by atoms with van der Waals surface area (Å²) in [6, 6.07) is 7.44. The first kappa shape index (κ1) is 25.4. The summed E-state index contributed by atoms with van der Waals surface area (Å²) in [7, 11) is 4.33. The summed E-state index contributed by atoms with van der Waals surface area (Å²) in [5.74, 6) is 0.131. The van der Waals surface area contributed by atoms with E-state index < -0.39 is 40.1 Å². The molecule has 0 amide bonds. The summed E-state index contributed by atoms with van der Waals surface area (Å²) >= 11 is 0. The van der Waals surface area contributed by atoms with E-state index in [-0.39, 0.29) is 12.3 Å². The lowest BCUT2D eigenvalue weighted by Gasteiger charge is -2.16. The number of ether oxygens (including phenoxy) is 3. The maximum Gasteiger partial charge on any atom is 0.418 e. The highest BCUT2D eigenvalue weighted by molar-refractivity contribution is 6.00. The molecule has 1 aromatic heterocycles. The monoisotopic (exact) mass is 493 g/mol. The fourth-order valence-corrected chi connectivity index (χ4v) is 3.50. The molecule has 0 aliphatic rings. The van der Waals surface area contributed by atoms with Gasteiger partial charge in [0.15, 0.2) is 11.5 Å². The van der Waals surface area contributed by atoms with Gasteiger partial charge in [0.05, 0.1) is 44.8 Å². The first-order valence-electron chi connectivity index (χ1n) is 10.1. The van der Waals surface area contributed by atoms with E-state index in [4.69, 9.17) is 14.2 Å². The van der Waals surface area contributed by atoms with E-state index in [0.717, 1.165) is 18.2 Å². The Morgan fingerprint density at radius 1 is 1.06 bits per heavy atom. The Morgan fingerprint density at radius 2 is 1.66 bits per heavy atom. The molecule has 0 saturated carbocycles. The predicted molar refractivity (Wildman–Crippen MR) is 121 cm³/mol. The average Bonchev–Trinajstić information content (AvgIpc) is 2.81. The van der Waals surface area contributed by atoms with Crippen molar-refractivity contribution in [3.05, 3.63) is 73.9 Å². The number of aromatic nitrogens is 2. The van der Waals surface area contributed by atoms with E-state index in [0.29, 0.717) is 27.4 Å². The molecule has 9 nitrogen and oxygen atoms in total. The number of alkyl halides is 3. The SMILES string of the molecule is COc1cc(CN=C(C)c2c(O)n(-c3ccccc3C(F)(F)F)c(=O)[nH]c2=O)cc(OC)c1OC.